The summed E-state index contributed by atoms with van der Waals surface area (Å²) in [5.74, 6) is 6.17. The summed E-state index contributed by atoms with van der Waals surface area (Å²) in [6, 6.07) is 11.9. The molecule has 0 saturated carbocycles. The van der Waals surface area contributed by atoms with Crippen molar-refractivity contribution >= 4 is 16.7 Å². The van der Waals surface area contributed by atoms with Gasteiger partial charge in [-0.15, -0.1) is 0 Å². The minimum atomic E-state index is -0.171. The largest absolute Gasteiger partial charge is 0.395 e. The first-order chi connectivity index (χ1) is 17.7. The van der Waals surface area contributed by atoms with Crippen LogP contribution in [-0.4, -0.2) is 76.2 Å². The minimum Gasteiger partial charge on any atom is -0.395 e. The Balaban J connectivity index is 1.36. The number of nitrogens with zero attached hydrogens (tertiary/aromatic N) is 3. The number of nitrogens with one attached hydrogen (secondary N) is 1. The van der Waals surface area contributed by atoms with E-state index in [0.29, 0.717) is 18.5 Å². The van der Waals surface area contributed by atoms with E-state index in [9.17, 15) is 5.11 Å². The number of hydrogen-bond donors (Lipinski definition) is 3. The molecule has 36 heavy (non-hydrogen) atoms. The molecule has 7 nitrogen and oxygen atoms in total. The van der Waals surface area contributed by atoms with Crippen LogP contribution in [0.5, 0.6) is 0 Å². The van der Waals surface area contributed by atoms with Gasteiger partial charge in [0, 0.05) is 66.5 Å². The molecule has 2 unspecified atom stereocenters. The molecule has 3 saturated heterocycles. The van der Waals surface area contributed by atoms with Crippen molar-refractivity contribution in [3.05, 3.63) is 47.7 Å². The average molecular weight is 487 g/mol. The van der Waals surface area contributed by atoms with Gasteiger partial charge in [0.1, 0.15) is 5.65 Å². The van der Waals surface area contributed by atoms with E-state index in [1.165, 1.54) is 24.1 Å². The molecule has 2 atom stereocenters. The highest BCUT2D eigenvalue weighted by molar-refractivity contribution is 5.89. The first-order valence-electron chi connectivity index (χ1n) is 13.2. The maximum Gasteiger partial charge on any atom is 0.138 e. The second-order valence-corrected chi connectivity index (χ2v) is 10.2. The van der Waals surface area contributed by atoms with Gasteiger partial charge in [-0.25, -0.2) is 4.98 Å². The predicted molar refractivity (Wildman–Crippen MR) is 141 cm³/mol. The molecule has 7 heteroatoms. The summed E-state index contributed by atoms with van der Waals surface area (Å²) in [5, 5.41) is 20.1. The molecular formula is C29H34N4O3. The Morgan fingerprint density at radius 2 is 1.81 bits per heavy atom. The molecule has 3 aliphatic heterocycles. The van der Waals surface area contributed by atoms with E-state index in [1.807, 2.05) is 6.20 Å². The molecule has 1 aromatic carbocycles. The number of anilines is 1. The Hall–Kier alpha value is -2.89. The number of piperidine rings is 1. The maximum atomic E-state index is 9.85. The van der Waals surface area contributed by atoms with Crippen LogP contribution in [0.4, 0.5) is 5.69 Å². The smallest absolute Gasteiger partial charge is 0.138 e. The lowest BCUT2D eigenvalue weighted by atomic mass is 10.0. The van der Waals surface area contributed by atoms with Crippen molar-refractivity contribution < 1.29 is 14.9 Å². The van der Waals surface area contributed by atoms with E-state index in [4.69, 9.17) is 14.8 Å². The van der Waals surface area contributed by atoms with Crippen LogP contribution in [0.15, 0.2) is 36.5 Å². The number of morpholine rings is 1. The van der Waals surface area contributed by atoms with Gasteiger partial charge in [0.15, 0.2) is 0 Å². The highest BCUT2D eigenvalue weighted by Crippen LogP contribution is 2.36. The number of ether oxygens (including phenoxy) is 1. The van der Waals surface area contributed by atoms with Crippen LogP contribution in [0, 0.1) is 11.8 Å². The summed E-state index contributed by atoms with van der Waals surface area (Å²) in [6.45, 7) is 4.32. The van der Waals surface area contributed by atoms with Gasteiger partial charge in [-0.05, 0) is 49.4 Å². The van der Waals surface area contributed by atoms with Gasteiger partial charge in [-0.2, -0.15) is 0 Å². The zero-order valence-corrected chi connectivity index (χ0v) is 20.6. The lowest BCUT2D eigenvalue weighted by molar-refractivity contribution is -0.0184. The number of rotatable bonds is 5. The fourth-order valence-corrected chi connectivity index (χ4v) is 5.94. The third-order valence-electron chi connectivity index (χ3n) is 7.95. The molecular weight excluding hydrogens is 452 g/mol. The zero-order chi connectivity index (χ0) is 24.5. The molecule has 3 aliphatic rings. The zero-order valence-electron chi connectivity index (χ0n) is 20.6. The number of fused-ring (bicyclic) bond motifs is 3. The lowest BCUT2D eigenvalue weighted by Crippen LogP contribution is -2.45. The molecule has 3 aromatic rings. The summed E-state index contributed by atoms with van der Waals surface area (Å²) in [7, 11) is 0. The summed E-state index contributed by atoms with van der Waals surface area (Å²) < 4.78 is 5.84. The molecule has 5 heterocycles. The molecule has 3 fully saturated rings. The van der Waals surface area contributed by atoms with Gasteiger partial charge in [0.2, 0.25) is 0 Å². The molecule has 0 amide bonds. The maximum absolute atomic E-state index is 9.85. The second-order valence-electron chi connectivity index (χ2n) is 10.2. The first-order valence-corrected chi connectivity index (χ1v) is 13.2. The van der Waals surface area contributed by atoms with Gasteiger partial charge in [0.25, 0.3) is 0 Å². The Kier molecular flexibility index (Phi) is 6.68. The number of aliphatic hydroxyl groups is 2. The van der Waals surface area contributed by atoms with Gasteiger partial charge in [-0.3, -0.25) is 4.90 Å². The fraction of sp³-hybridized carbons (Fsp3) is 0.483. The van der Waals surface area contributed by atoms with E-state index in [2.05, 4.69) is 57.0 Å². The predicted octanol–water partition coefficient (Wildman–Crippen LogP) is 3.29. The van der Waals surface area contributed by atoms with Crippen LogP contribution >= 0.6 is 0 Å². The number of H-pyrrole nitrogens is 1. The van der Waals surface area contributed by atoms with Gasteiger partial charge in [0.05, 0.1) is 31.6 Å². The third kappa shape index (κ3) is 4.62. The van der Waals surface area contributed by atoms with Crippen molar-refractivity contribution in [1.82, 2.24) is 14.9 Å². The number of pyridine rings is 1. The molecule has 0 spiro atoms. The molecule has 2 bridgehead atoms. The summed E-state index contributed by atoms with van der Waals surface area (Å²) in [6.07, 6.45) is 6.13. The molecule has 2 aromatic heterocycles. The van der Waals surface area contributed by atoms with Crippen molar-refractivity contribution in [1.29, 1.82) is 0 Å². The van der Waals surface area contributed by atoms with Crippen LogP contribution in [-0.2, 0) is 11.3 Å². The minimum absolute atomic E-state index is 0.0655. The topological polar surface area (TPSA) is 84.9 Å². The van der Waals surface area contributed by atoms with E-state index in [1.54, 1.807) is 0 Å². The molecule has 0 aliphatic carbocycles. The molecule has 6 rings (SSSR count). The van der Waals surface area contributed by atoms with Crippen LogP contribution < -0.4 is 4.90 Å². The van der Waals surface area contributed by atoms with Crippen LogP contribution in [0.2, 0.25) is 0 Å². The van der Waals surface area contributed by atoms with Gasteiger partial charge >= 0.3 is 0 Å². The quantitative estimate of drug-likeness (QED) is 0.480. The highest BCUT2D eigenvalue weighted by Gasteiger charge is 2.38. The van der Waals surface area contributed by atoms with Crippen LogP contribution in [0.3, 0.4) is 0 Å². The van der Waals surface area contributed by atoms with E-state index < -0.39 is 0 Å². The summed E-state index contributed by atoms with van der Waals surface area (Å²) in [5.41, 5.74) is 6.48. The number of aromatic amines is 1. The normalized spacial score (nSPS) is 22.7. The van der Waals surface area contributed by atoms with Crippen molar-refractivity contribution in [2.24, 2.45) is 0 Å². The number of benzene rings is 1. The molecule has 3 N–H and O–H groups in total. The third-order valence-corrected chi connectivity index (χ3v) is 7.95. The number of aliphatic hydroxyl groups excluding tert-OH is 2. The van der Waals surface area contributed by atoms with Crippen molar-refractivity contribution in [3.8, 4) is 23.1 Å². The number of hydrogen-bond acceptors (Lipinski definition) is 6. The van der Waals surface area contributed by atoms with Crippen molar-refractivity contribution in [3.63, 3.8) is 0 Å². The SMILES string of the molecule is OCCC#Cc1cnc2[nH]c(-c3ccc(N4CCC(O)CC4)cc3)c(CN3C4CCC3COC4)c2c1. The lowest BCUT2D eigenvalue weighted by Gasteiger charge is -2.34. The Morgan fingerprint density at radius 1 is 1.06 bits per heavy atom. The molecule has 188 valence electrons. The Labute approximate surface area is 212 Å². The fourth-order valence-electron chi connectivity index (χ4n) is 5.94. The Bertz CT molecular complexity index is 1250. The summed E-state index contributed by atoms with van der Waals surface area (Å²) in [4.78, 5) is 13.3. The Morgan fingerprint density at radius 3 is 2.53 bits per heavy atom. The summed E-state index contributed by atoms with van der Waals surface area (Å²) >= 11 is 0. The molecule has 0 radical (unpaired) electrons. The van der Waals surface area contributed by atoms with Crippen LogP contribution in [0.25, 0.3) is 22.3 Å². The van der Waals surface area contributed by atoms with Crippen molar-refractivity contribution in [2.75, 3.05) is 37.8 Å². The second kappa shape index (κ2) is 10.2. The number of aromatic nitrogens is 2. The monoisotopic (exact) mass is 486 g/mol. The first kappa shape index (κ1) is 23.5. The highest BCUT2D eigenvalue weighted by atomic mass is 16.5. The average Bonchev–Trinajstić information content (AvgIpc) is 3.36. The van der Waals surface area contributed by atoms with Crippen LogP contribution in [0.1, 0.15) is 43.2 Å². The van der Waals surface area contributed by atoms with Gasteiger partial charge < -0.3 is 24.8 Å². The van der Waals surface area contributed by atoms with E-state index in [-0.39, 0.29) is 12.7 Å². The van der Waals surface area contributed by atoms with Gasteiger partial charge in [-0.1, -0.05) is 24.0 Å². The van der Waals surface area contributed by atoms with E-state index in [0.717, 1.165) is 73.5 Å². The standard InChI is InChI=1S/C29H34N4O3/c34-14-2-1-3-20-15-26-27(17-33-23-8-9-24(33)19-36-18-23)28(31-29(26)30-16-20)21-4-6-22(7-5-21)32-12-10-25(35)11-13-32/h4-7,15-16,23-25,34-35H,2,8-14,17-19H2,(H,30,31). The van der Waals surface area contributed by atoms with Crippen molar-refractivity contribution in [2.45, 2.75) is 56.8 Å². The van der Waals surface area contributed by atoms with E-state index >= 15 is 0 Å².